The van der Waals surface area contributed by atoms with Gasteiger partial charge in [0.15, 0.2) is 0 Å². The van der Waals surface area contributed by atoms with E-state index in [0.29, 0.717) is 18.9 Å². The van der Waals surface area contributed by atoms with E-state index in [9.17, 15) is 28.0 Å². The normalized spacial score (nSPS) is 15.9. The molecule has 0 saturated carbocycles. The van der Waals surface area contributed by atoms with Crippen LogP contribution in [0.1, 0.15) is 45.4 Å². The van der Waals surface area contributed by atoms with Crippen LogP contribution in [0, 0.1) is 0 Å². The van der Waals surface area contributed by atoms with Gasteiger partial charge in [-0.25, -0.2) is 8.42 Å². The number of carbonyl (C=O) groups is 1. The van der Waals surface area contributed by atoms with Crippen LogP contribution in [0.15, 0.2) is 12.2 Å². The van der Waals surface area contributed by atoms with Crippen LogP contribution in [0.2, 0.25) is 0 Å². The Morgan fingerprint density at radius 1 is 1.32 bits per heavy atom. The van der Waals surface area contributed by atoms with Gasteiger partial charge in [0.25, 0.3) is 5.78 Å². The van der Waals surface area contributed by atoms with E-state index in [1.165, 1.54) is 25.3 Å². The van der Waals surface area contributed by atoms with Crippen molar-refractivity contribution in [3.63, 3.8) is 0 Å². The zero-order valence-electron chi connectivity index (χ0n) is 17.0. The van der Waals surface area contributed by atoms with Gasteiger partial charge in [-0.15, -0.1) is 0 Å². The summed E-state index contributed by atoms with van der Waals surface area (Å²) in [7, 11) is -4.54. The fourth-order valence-electron chi connectivity index (χ4n) is 3.15. The molecule has 0 aromatic carbocycles. The molecular formula is C18H32N2NaO6S+. The molecule has 1 atom stereocenters. The first-order chi connectivity index (χ1) is 12.8. The molecule has 10 heteroatoms. The van der Waals surface area contributed by atoms with Crippen molar-refractivity contribution in [2.75, 3.05) is 38.5 Å². The van der Waals surface area contributed by atoms with E-state index >= 15 is 0 Å². The minimum Gasteiger partial charge on any atom is -0.748 e. The number of amidine groups is 1. The largest absolute Gasteiger partial charge is 1.00 e. The van der Waals surface area contributed by atoms with Crippen LogP contribution in [-0.2, 0) is 14.9 Å². The smallest absolute Gasteiger partial charge is 0.748 e. The summed E-state index contributed by atoms with van der Waals surface area (Å²) in [5.74, 6) is -0.807. The molecule has 8 nitrogen and oxygen atoms in total. The predicted molar refractivity (Wildman–Crippen MR) is 102 cm³/mol. The van der Waals surface area contributed by atoms with Crippen molar-refractivity contribution in [3.8, 4) is 0 Å². The molecule has 0 fully saturated rings. The standard InChI is InChI=1S/C18H32N2O6S.Na/c1-2-3-4-5-6-7-8-9-17(23)18-19(12-13-21)10-11-20(18)14-16(22)15-27(24,25)26;/h8-9,16,21-22H,2-7,10-15H2,1H3;/q;+1/b9-8+;. The number of allylic oxidation sites excluding steroid dienone is 1. The fourth-order valence-corrected chi connectivity index (χ4v) is 3.73. The van der Waals surface area contributed by atoms with Gasteiger partial charge in [-0.2, -0.15) is 0 Å². The van der Waals surface area contributed by atoms with E-state index in [-0.39, 0.29) is 55.0 Å². The van der Waals surface area contributed by atoms with Crippen molar-refractivity contribution in [1.29, 1.82) is 0 Å². The zero-order chi connectivity index (χ0) is 20.3. The van der Waals surface area contributed by atoms with Crippen LogP contribution in [0.3, 0.4) is 0 Å². The molecule has 0 amide bonds. The van der Waals surface area contributed by atoms with Gasteiger partial charge in [0.1, 0.15) is 32.3 Å². The first-order valence-corrected chi connectivity index (χ1v) is 11.2. The fraction of sp³-hybridized carbons (Fsp3) is 0.778. The Hall–Kier alpha value is -0.290. The predicted octanol–water partition coefficient (Wildman–Crippen LogP) is -2.90. The molecule has 0 aliphatic carbocycles. The van der Waals surface area contributed by atoms with E-state index in [0.717, 1.165) is 19.3 Å². The summed E-state index contributed by atoms with van der Waals surface area (Å²) in [6, 6.07) is 0. The number of aliphatic hydroxyl groups is 2. The molecule has 2 N–H and O–H groups in total. The Bertz CT molecular complexity index is 636. The molecule has 1 unspecified atom stereocenters. The van der Waals surface area contributed by atoms with Crippen molar-refractivity contribution >= 4 is 21.7 Å². The van der Waals surface area contributed by atoms with E-state index < -0.39 is 22.0 Å². The maximum Gasteiger partial charge on any atom is 1.00 e. The van der Waals surface area contributed by atoms with Crippen molar-refractivity contribution in [1.82, 2.24) is 4.90 Å². The van der Waals surface area contributed by atoms with E-state index in [2.05, 4.69) is 6.92 Å². The number of aliphatic hydroxyl groups excluding tert-OH is 2. The number of β-amino-alcohol motifs (C(OH)–C–C–N with tert-alkyl or cyclic N) is 2. The Labute approximate surface area is 190 Å². The minimum atomic E-state index is -4.54. The number of unbranched alkanes of at least 4 members (excludes halogenated alkanes) is 5. The number of rotatable bonds is 14. The van der Waals surface area contributed by atoms with Crippen LogP contribution in [0.25, 0.3) is 0 Å². The van der Waals surface area contributed by atoms with E-state index in [4.69, 9.17) is 0 Å². The molecule has 0 aromatic heterocycles. The van der Waals surface area contributed by atoms with Gasteiger partial charge in [0.2, 0.25) is 0 Å². The van der Waals surface area contributed by atoms with Crippen molar-refractivity contribution in [2.24, 2.45) is 0 Å². The summed E-state index contributed by atoms with van der Waals surface area (Å²) in [5.41, 5.74) is 0. The monoisotopic (exact) mass is 427 g/mol. The molecule has 0 spiro atoms. The molecular weight excluding hydrogens is 395 g/mol. The maximum atomic E-state index is 12.6. The Balaban J connectivity index is 0.00000729. The molecule has 156 valence electrons. The zero-order valence-corrected chi connectivity index (χ0v) is 19.9. The Morgan fingerprint density at radius 2 is 2.00 bits per heavy atom. The molecule has 1 aliphatic heterocycles. The molecule has 28 heavy (non-hydrogen) atoms. The molecule has 1 heterocycles. The summed E-state index contributed by atoms with van der Waals surface area (Å²) in [5, 5.41) is 19.0. The van der Waals surface area contributed by atoms with Crippen molar-refractivity contribution < 1.29 is 62.1 Å². The van der Waals surface area contributed by atoms with Gasteiger partial charge in [0, 0.05) is 0 Å². The topological polar surface area (TPSA) is 121 Å². The maximum absolute atomic E-state index is 12.6. The summed E-state index contributed by atoms with van der Waals surface area (Å²) >= 11 is 0. The van der Waals surface area contributed by atoms with Crippen molar-refractivity contribution in [2.45, 2.75) is 51.6 Å². The number of hydrogen-bond acceptors (Lipinski definition) is 7. The molecule has 0 bridgehead atoms. The molecule has 0 radical (unpaired) electrons. The SMILES string of the molecule is CCCCCCC/C=C/C(=O)C1=[N+](CC(O)CS(=O)(=O)[O-])CCN1CCO.[Na+]. The molecule has 1 rings (SSSR count). The van der Waals surface area contributed by atoms with Gasteiger partial charge in [-0.1, -0.05) is 38.7 Å². The van der Waals surface area contributed by atoms with Crippen LogP contribution < -0.4 is 29.6 Å². The summed E-state index contributed by atoms with van der Waals surface area (Å²) in [4.78, 5) is 14.3. The summed E-state index contributed by atoms with van der Waals surface area (Å²) in [6.45, 7) is 3.10. The first-order valence-electron chi connectivity index (χ1n) is 9.58. The third-order valence-corrected chi connectivity index (χ3v) is 5.19. The van der Waals surface area contributed by atoms with Crippen LogP contribution >= 0.6 is 0 Å². The number of carbonyl (C=O) groups excluding carboxylic acids is 1. The number of nitrogens with zero attached hydrogens (tertiary/aromatic N) is 2. The Kier molecular flexibility index (Phi) is 14.5. The number of ketones is 1. The average molecular weight is 428 g/mol. The van der Waals surface area contributed by atoms with Gasteiger partial charge in [0.05, 0.1) is 22.5 Å². The third-order valence-electron chi connectivity index (χ3n) is 4.40. The van der Waals surface area contributed by atoms with E-state index in [1.807, 2.05) is 6.08 Å². The minimum absolute atomic E-state index is 0. The van der Waals surface area contributed by atoms with Crippen molar-refractivity contribution in [3.05, 3.63) is 12.2 Å². The second kappa shape index (κ2) is 14.7. The van der Waals surface area contributed by atoms with Crippen LogP contribution in [0.5, 0.6) is 0 Å². The Morgan fingerprint density at radius 3 is 2.61 bits per heavy atom. The second-order valence-electron chi connectivity index (χ2n) is 6.83. The average Bonchev–Trinajstić information content (AvgIpc) is 2.94. The van der Waals surface area contributed by atoms with E-state index in [1.54, 1.807) is 9.48 Å². The van der Waals surface area contributed by atoms with Gasteiger partial charge >= 0.3 is 35.4 Å². The first kappa shape index (κ1) is 27.7. The van der Waals surface area contributed by atoms with Crippen LogP contribution in [-0.4, -0.2) is 88.9 Å². The quantitative estimate of drug-likeness (QED) is 0.100. The van der Waals surface area contributed by atoms with Gasteiger partial charge in [-0.3, -0.25) is 14.3 Å². The summed E-state index contributed by atoms with van der Waals surface area (Å²) < 4.78 is 34.0. The third kappa shape index (κ3) is 11.0. The second-order valence-corrected chi connectivity index (χ2v) is 8.28. The summed E-state index contributed by atoms with van der Waals surface area (Å²) in [6.07, 6.45) is 8.49. The van der Waals surface area contributed by atoms with Gasteiger partial charge < -0.3 is 14.8 Å². The molecule has 0 saturated heterocycles. The van der Waals surface area contributed by atoms with Gasteiger partial charge in [-0.05, 0) is 18.9 Å². The molecule has 0 aromatic rings. The van der Waals surface area contributed by atoms with Crippen LogP contribution in [0.4, 0.5) is 0 Å². The molecule has 1 aliphatic rings. The number of hydrogen-bond donors (Lipinski definition) is 2.